The molecule has 1 aromatic heterocycles. The zero-order chi connectivity index (χ0) is 14.6. The van der Waals surface area contributed by atoms with Gasteiger partial charge in [-0.05, 0) is 22.4 Å². The molecule has 1 amide bonds. The van der Waals surface area contributed by atoms with Gasteiger partial charge in [0.2, 0.25) is 21.5 Å². The van der Waals surface area contributed by atoms with Gasteiger partial charge < -0.3 is 11.1 Å². The molecule has 9 nitrogen and oxygen atoms in total. The first-order valence-corrected chi connectivity index (χ1v) is 6.90. The summed E-state index contributed by atoms with van der Waals surface area (Å²) >= 11 is 0. The highest BCUT2D eigenvalue weighted by atomic mass is 32.2. The number of sulfonamides is 1. The summed E-state index contributed by atoms with van der Waals surface area (Å²) in [6.45, 7) is -0.317. The Morgan fingerprint density at radius 1 is 1.25 bits per heavy atom. The van der Waals surface area contributed by atoms with E-state index in [1.54, 1.807) is 18.2 Å². The number of nitrogens with two attached hydrogens (primary N) is 1. The van der Waals surface area contributed by atoms with Gasteiger partial charge in [-0.2, -0.15) is 4.72 Å². The standard InChI is InChI=1S/C10H11N5O4S/c11-9-8(14-19-15-9)10(16)12-6-13-20(17,18)7-4-2-1-3-5-7/h1-5,13H,6H2,(H2,11,15)(H,12,16). The second-order valence-corrected chi connectivity index (χ2v) is 5.41. The number of aromatic nitrogens is 2. The van der Waals surface area contributed by atoms with Crippen LogP contribution in [0.25, 0.3) is 0 Å². The number of anilines is 1. The van der Waals surface area contributed by atoms with Gasteiger partial charge in [-0.25, -0.2) is 13.0 Å². The van der Waals surface area contributed by atoms with Gasteiger partial charge in [0.1, 0.15) is 0 Å². The number of nitrogens with one attached hydrogen (secondary N) is 2. The third-order valence-corrected chi connectivity index (χ3v) is 3.71. The van der Waals surface area contributed by atoms with Gasteiger partial charge in [0.15, 0.2) is 0 Å². The number of amides is 1. The van der Waals surface area contributed by atoms with E-state index in [9.17, 15) is 13.2 Å². The van der Waals surface area contributed by atoms with Crippen LogP contribution >= 0.6 is 0 Å². The lowest BCUT2D eigenvalue weighted by atomic mass is 10.4. The largest absolute Gasteiger partial charge is 0.379 e. The summed E-state index contributed by atoms with van der Waals surface area (Å²) in [5, 5.41) is 8.80. The van der Waals surface area contributed by atoms with Crippen LogP contribution < -0.4 is 15.8 Å². The van der Waals surface area contributed by atoms with Crippen LogP contribution in [-0.2, 0) is 10.0 Å². The Balaban J connectivity index is 1.94. The molecule has 106 valence electrons. The Morgan fingerprint density at radius 2 is 1.95 bits per heavy atom. The summed E-state index contributed by atoms with van der Waals surface area (Å²) in [5.74, 6) is -0.868. The minimum Gasteiger partial charge on any atom is -0.379 e. The summed E-state index contributed by atoms with van der Waals surface area (Å²) in [4.78, 5) is 11.7. The van der Waals surface area contributed by atoms with E-state index in [2.05, 4.69) is 25.0 Å². The van der Waals surface area contributed by atoms with Crippen LogP contribution in [0.15, 0.2) is 39.9 Å². The third kappa shape index (κ3) is 3.10. The molecule has 0 unspecified atom stereocenters. The van der Waals surface area contributed by atoms with Gasteiger partial charge in [0.25, 0.3) is 5.91 Å². The number of nitrogen functional groups attached to an aromatic ring is 1. The van der Waals surface area contributed by atoms with Crippen molar-refractivity contribution in [1.82, 2.24) is 20.4 Å². The lowest BCUT2D eigenvalue weighted by Gasteiger charge is -2.07. The van der Waals surface area contributed by atoms with Crippen molar-refractivity contribution in [1.29, 1.82) is 0 Å². The molecule has 0 radical (unpaired) electrons. The van der Waals surface area contributed by atoms with Crippen molar-refractivity contribution >= 4 is 21.7 Å². The predicted molar refractivity (Wildman–Crippen MR) is 67.8 cm³/mol. The minimum atomic E-state index is -3.69. The van der Waals surface area contributed by atoms with E-state index >= 15 is 0 Å². The topological polar surface area (TPSA) is 140 Å². The van der Waals surface area contributed by atoms with Crippen LogP contribution in [0.5, 0.6) is 0 Å². The highest BCUT2D eigenvalue weighted by Crippen LogP contribution is 2.06. The van der Waals surface area contributed by atoms with Crippen molar-refractivity contribution < 1.29 is 17.8 Å². The first-order valence-electron chi connectivity index (χ1n) is 5.41. The van der Waals surface area contributed by atoms with Gasteiger partial charge in [-0.1, -0.05) is 18.2 Å². The molecule has 4 N–H and O–H groups in total. The van der Waals surface area contributed by atoms with E-state index in [1.165, 1.54) is 12.1 Å². The van der Waals surface area contributed by atoms with E-state index in [0.717, 1.165) is 0 Å². The molecular formula is C10H11N5O4S. The van der Waals surface area contributed by atoms with Crippen LogP contribution in [0.3, 0.4) is 0 Å². The minimum absolute atomic E-state index is 0.0943. The molecule has 0 aliphatic rings. The fourth-order valence-electron chi connectivity index (χ4n) is 1.33. The number of hydrogen-bond donors (Lipinski definition) is 3. The first-order chi connectivity index (χ1) is 9.50. The number of hydrogen-bond acceptors (Lipinski definition) is 7. The molecule has 2 aromatic rings. The van der Waals surface area contributed by atoms with Crippen LogP contribution in [0.2, 0.25) is 0 Å². The highest BCUT2D eigenvalue weighted by Gasteiger charge is 2.17. The van der Waals surface area contributed by atoms with Gasteiger partial charge in [0, 0.05) is 0 Å². The highest BCUT2D eigenvalue weighted by molar-refractivity contribution is 7.89. The molecule has 0 aliphatic carbocycles. The smallest absolute Gasteiger partial charge is 0.278 e. The van der Waals surface area contributed by atoms with E-state index in [1.807, 2.05) is 0 Å². The predicted octanol–water partition coefficient (Wildman–Crippen LogP) is -0.682. The van der Waals surface area contributed by atoms with Gasteiger partial charge >= 0.3 is 0 Å². The van der Waals surface area contributed by atoms with E-state index in [0.29, 0.717) is 0 Å². The van der Waals surface area contributed by atoms with Crippen molar-refractivity contribution in [2.75, 3.05) is 12.4 Å². The maximum Gasteiger partial charge on any atom is 0.278 e. The molecule has 0 bridgehead atoms. The summed E-state index contributed by atoms with van der Waals surface area (Å²) in [5.41, 5.74) is 5.12. The molecule has 2 rings (SSSR count). The Hall–Kier alpha value is -2.46. The molecule has 20 heavy (non-hydrogen) atoms. The molecule has 0 saturated heterocycles. The van der Waals surface area contributed by atoms with E-state index in [-0.39, 0.29) is 23.1 Å². The lowest BCUT2D eigenvalue weighted by Crippen LogP contribution is -2.37. The average Bonchev–Trinajstić information content (AvgIpc) is 2.86. The van der Waals surface area contributed by atoms with E-state index < -0.39 is 15.9 Å². The second kappa shape index (κ2) is 5.67. The zero-order valence-electron chi connectivity index (χ0n) is 10.1. The third-order valence-electron chi connectivity index (χ3n) is 2.29. The summed E-state index contributed by atoms with van der Waals surface area (Å²) < 4.78 is 30.1. The van der Waals surface area contributed by atoms with Crippen molar-refractivity contribution in [3.8, 4) is 0 Å². The number of benzene rings is 1. The Morgan fingerprint density at radius 3 is 2.55 bits per heavy atom. The normalized spacial score (nSPS) is 11.2. The van der Waals surface area contributed by atoms with Crippen LogP contribution in [-0.4, -0.2) is 31.3 Å². The quantitative estimate of drug-likeness (QED) is 0.621. The summed E-state index contributed by atoms with van der Waals surface area (Å²) in [6.07, 6.45) is 0. The molecule has 0 fully saturated rings. The fourth-order valence-corrected chi connectivity index (χ4v) is 2.28. The molecule has 0 saturated carbocycles. The Labute approximate surface area is 114 Å². The number of carbonyl (C=O) groups is 1. The first kappa shape index (κ1) is 14.0. The monoisotopic (exact) mass is 297 g/mol. The molecule has 1 heterocycles. The second-order valence-electron chi connectivity index (χ2n) is 3.64. The van der Waals surface area contributed by atoms with Crippen molar-refractivity contribution in [2.45, 2.75) is 4.90 Å². The van der Waals surface area contributed by atoms with Gasteiger partial charge in [-0.3, -0.25) is 4.79 Å². The van der Waals surface area contributed by atoms with Crippen molar-refractivity contribution in [3.63, 3.8) is 0 Å². The number of carbonyl (C=O) groups excluding carboxylic acids is 1. The van der Waals surface area contributed by atoms with Gasteiger partial charge in [0.05, 0.1) is 11.6 Å². The maximum absolute atomic E-state index is 11.8. The van der Waals surface area contributed by atoms with Crippen LogP contribution in [0.1, 0.15) is 10.5 Å². The SMILES string of the molecule is Nc1nonc1C(=O)NCNS(=O)(=O)c1ccccc1. The number of rotatable bonds is 5. The van der Waals surface area contributed by atoms with Crippen molar-refractivity contribution in [3.05, 3.63) is 36.0 Å². The van der Waals surface area contributed by atoms with Crippen molar-refractivity contribution in [2.24, 2.45) is 0 Å². The summed E-state index contributed by atoms with van der Waals surface area (Å²) in [6, 6.07) is 7.75. The van der Waals surface area contributed by atoms with Gasteiger partial charge in [-0.15, -0.1) is 0 Å². The molecule has 0 atom stereocenters. The molecule has 0 aliphatic heterocycles. The molecule has 1 aromatic carbocycles. The fraction of sp³-hybridized carbons (Fsp3) is 0.100. The van der Waals surface area contributed by atoms with Crippen LogP contribution in [0.4, 0.5) is 5.82 Å². The Bertz CT molecular complexity index is 697. The van der Waals surface area contributed by atoms with E-state index in [4.69, 9.17) is 5.73 Å². The summed E-state index contributed by atoms with van der Waals surface area (Å²) in [7, 11) is -3.69. The number of nitrogens with zero attached hydrogens (tertiary/aromatic N) is 2. The molecule has 0 spiro atoms. The zero-order valence-corrected chi connectivity index (χ0v) is 10.9. The Kier molecular flexibility index (Phi) is 3.96. The molecular weight excluding hydrogens is 286 g/mol. The average molecular weight is 297 g/mol. The maximum atomic E-state index is 11.8. The molecule has 10 heteroatoms. The van der Waals surface area contributed by atoms with Crippen LogP contribution in [0, 0.1) is 0 Å². The lowest BCUT2D eigenvalue weighted by molar-refractivity contribution is 0.0944.